The molecule has 1 unspecified atom stereocenters. The van der Waals surface area contributed by atoms with E-state index in [1.807, 2.05) is 36.4 Å². The van der Waals surface area contributed by atoms with Gasteiger partial charge in [-0.15, -0.1) is 0 Å². The van der Waals surface area contributed by atoms with E-state index in [0.29, 0.717) is 6.42 Å². The topological polar surface area (TPSA) is 35.5 Å². The second-order valence-electron chi connectivity index (χ2n) is 6.39. The summed E-state index contributed by atoms with van der Waals surface area (Å²) in [7, 11) is 1.66. The van der Waals surface area contributed by atoms with Crippen molar-refractivity contribution in [2.45, 2.75) is 32.1 Å². The van der Waals surface area contributed by atoms with Crippen LogP contribution in [0, 0.1) is 0 Å². The molecular formula is C22H24O3. The SMILES string of the molecule is CCCOc1ccc(C2=CC(=O)CC(c3ccc(OC)cc3)C2)cc1. The van der Waals surface area contributed by atoms with Crippen LogP contribution in [0.15, 0.2) is 54.6 Å². The summed E-state index contributed by atoms with van der Waals surface area (Å²) in [6.07, 6.45) is 4.22. The minimum absolute atomic E-state index is 0.188. The summed E-state index contributed by atoms with van der Waals surface area (Å²) in [6, 6.07) is 16.1. The molecule has 2 aromatic rings. The normalized spacial score (nSPS) is 17.1. The molecule has 1 atom stereocenters. The summed E-state index contributed by atoms with van der Waals surface area (Å²) in [6.45, 7) is 2.81. The largest absolute Gasteiger partial charge is 0.497 e. The number of carbonyl (C=O) groups is 1. The number of benzene rings is 2. The van der Waals surface area contributed by atoms with Gasteiger partial charge in [0.1, 0.15) is 11.5 Å². The molecule has 1 aliphatic carbocycles. The number of hydrogen-bond acceptors (Lipinski definition) is 3. The fourth-order valence-corrected chi connectivity index (χ4v) is 3.19. The minimum Gasteiger partial charge on any atom is -0.497 e. The maximum atomic E-state index is 12.2. The van der Waals surface area contributed by atoms with E-state index in [4.69, 9.17) is 9.47 Å². The molecule has 2 aromatic carbocycles. The van der Waals surface area contributed by atoms with Crippen LogP contribution in [0.3, 0.4) is 0 Å². The molecule has 3 rings (SSSR count). The van der Waals surface area contributed by atoms with Crippen molar-refractivity contribution in [3.63, 3.8) is 0 Å². The van der Waals surface area contributed by atoms with E-state index >= 15 is 0 Å². The van der Waals surface area contributed by atoms with Gasteiger partial charge in [-0.2, -0.15) is 0 Å². The van der Waals surface area contributed by atoms with Crippen LogP contribution in [0.1, 0.15) is 43.2 Å². The first-order chi connectivity index (χ1) is 12.2. The third-order valence-electron chi connectivity index (χ3n) is 4.53. The van der Waals surface area contributed by atoms with Crippen molar-refractivity contribution < 1.29 is 14.3 Å². The lowest BCUT2D eigenvalue weighted by atomic mass is 9.81. The molecule has 130 valence electrons. The molecule has 3 nitrogen and oxygen atoms in total. The Kier molecular flexibility index (Phi) is 5.54. The smallest absolute Gasteiger partial charge is 0.156 e. The van der Waals surface area contributed by atoms with Gasteiger partial charge in [0.25, 0.3) is 0 Å². The minimum atomic E-state index is 0.188. The Hall–Kier alpha value is -2.55. The van der Waals surface area contributed by atoms with Crippen molar-refractivity contribution in [2.24, 2.45) is 0 Å². The first kappa shape index (κ1) is 17.3. The third kappa shape index (κ3) is 4.30. The van der Waals surface area contributed by atoms with E-state index < -0.39 is 0 Å². The van der Waals surface area contributed by atoms with E-state index in [1.165, 1.54) is 5.56 Å². The fraction of sp³-hybridized carbons (Fsp3) is 0.318. The quantitative estimate of drug-likeness (QED) is 0.743. The predicted octanol–water partition coefficient (Wildman–Crippen LogP) is 5.01. The van der Waals surface area contributed by atoms with Gasteiger partial charge in [-0.3, -0.25) is 4.79 Å². The zero-order valence-corrected chi connectivity index (χ0v) is 14.8. The zero-order chi connectivity index (χ0) is 17.6. The van der Waals surface area contributed by atoms with Crippen molar-refractivity contribution in [1.82, 2.24) is 0 Å². The van der Waals surface area contributed by atoms with Crippen molar-refractivity contribution >= 4 is 11.4 Å². The van der Waals surface area contributed by atoms with E-state index in [1.54, 1.807) is 13.2 Å². The standard InChI is InChI=1S/C22H24O3/c1-3-12-25-22-10-6-17(7-11-22)19-13-18(14-20(23)15-19)16-4-8-21(24-2)9-5-16/h4-11,15,18H,3,12-14H2,1-2H3. The Balaban J connectivity index is 1.76. The Morgan fingerprint density at radius 3 is 2.28 bits per heavy atom. The maximum absolute atomic E-state index is 12.2. The number of methoxy groups -OCH3 is 1. The Bertz CT molecular complexity index is 742. The lowest BCUT2D eigenvalue weighted by molar-refractivity contribution is -0.115. The van der Waals surface area contributed by atoms with Crippen LogP contribution in [-0.4, -0.2) is 19.5 Å². The summed E-state index contributed by atoms with van der Waals surface area (Å²) >= 11 is 0. The van der Waals surface area contributed by atoms with Crippen molar-refractivity contribution in [1.29, 1.82) is 0 Å². The van der Waals surface area contributed by atoms with Gasteiger partial charge in [-0.05, 0) is 65.8 Å². The molecule has 0 aliphatic heterocycles. The van der Waals surface area contributed by atoms with E-state index in [-0.39, 0.29) is 11.7 Å². The molecule has 0 spiro atoms. The van der Waals surface area contributed by atoms with E-state index in [9.17, 15) is 4.79 Å². The van der Waals surface area contributed by atoms with Crippen molar-refractivity contribution in [2.75, 3.05) is 13.7 Å². The summed E-state index contributed by atoms with van der Waals surface area (Å²) in [5.74, 6) is 2.12. The lowest BCUT2D eigenvalue weighted by Gasteiger charge is -2.23. The van der Waals surface area contributed by atoms with E-state index in [2.05, 4.69) is 19.1 Å². The number of allylic oxidation sites excluding steroid dienone is 2. The molecule has 0 bridgehead atoms. The molecule has 0 N–H and O–H groups in total. The number of ether oxygens (including phenoxy) is 2. The monoisotopic (exact) mass is 336 g/mol. The van der Waals surface area contributed by atoms with Crippen LogP contribution in [-0.2, 0) is 4.79 Å². The summed E-state index contributed by atoms with van der Waals surface area (Å²) in [5.41, 5.74) is 3.37. The molecule has 0 radical (unpaired) electrons. The van der Waals surface area contributed by atoms with Gasteiger partial charge in [0.05, 0.1) is 13.7 Å². The van der Waals surface area contributed by atoms with Crippen LogP contribution in [0.4, 0.5) is 0 Å². The highest BCUT2D eigenvalue weighted by molar-refractivity contribution is 5.99. The van der Waals surface area contributed by atoms with Crippen molar-refractivity contribution in [3.05, 3.63) is 65.7 Å². The van der Waals surface area contributed by atoms with Crippen LogP contribution in [0.5, 0.6) is 11.5 Å². The second-order valence-corrected chi connectivity index (χ2v) is 6.39. The molecule has 0 aromatic heterocycles. The van der Waals surface area contributed by atoms with Gasteiger partial charge >= 0.3 is 0 Å². The molecule has 3 heteroatoms. The van der Waals surface area contributed by atoms with Gasteiger partial charge in [0.2, 0.25) is 0 Å². The molecule has 0 amide bonds. The lowest BCUT2D eigenvalue weighted by Crippen LogP contribution is -2.12. The number of rotatable bonds is 6. The molecule has 0 saturated carbocycles. The number of hydrogen-bond donors (Lipinski definition) is 0. The predicted molar refractivity (Wildman–Crippen MR) is 100 cm³/mol. The van der Waals surface area contributed by atoms with Gasteiger partial charge < -0.3 is 9.47 Å². The van der Waals surface area contributed by atoms with Crippen LogP contribution < -0.4 is 9.47 Å². The highest BCUT2D eigenvalue weighted by Gasteiger charge is 2.23. The third-order valence-corrected chi connectivity index (χ3v) is 4.53. The highest BCUT2D eigenvalue weighted by Crippen LogP contribution is 2.36. The van der Waals surface area contributed by atoms with Crippen molar-refractivity contribution in [3.8, 4) is 11.5 Å². The van der Waals surface area contributed by atoms with Gasteiger partial charge in [0.15, 0.2) is 5.78 Å². The van der Waals surface area contributed by atoms with Gasteiger partial charge in [-0.1, -0.05) is 31.2 Å². The highest BCUT2D eigenvalue weighted by atomic mass is 16.5. The Morgan fingerprint density at radius 1 is 0.960 bits per heavy atom. The van der Waals surface area contributed by atoms with Crippen LogP contribution in [0.25, 0.3) is 5.57 Å². The molecule has 0 heterocycles. The number of ketones is 1. The van der Waals surface area contributed by atoms with Gasteiger partial charge in [0, 0.05) is 6.42 Å². The van der Waals surface area contributed by atoms with Crippen LogP contribution in [0.2, 0.25) is 0 Å². The maximum Gasteiger partial charge on any atom is 0.156 e. The molecule has 1 aliphatic rings. The number of carbonyl (C=O) groups excluding carboxylic acids is 1. The fourth-order valence-electron chi connectivity index (χ4n) is 3.19. The second kappa shape index (κ2) is 8.02. The van der Waals surface area contributed by atoms with E-state index in [0.717, 1.165) is 42.1 Å². The van der Waals surface area contributed by atoms with Crippen LogP contribution >= 0.6 is 0 Å². The molecule has 0 saturated heterocycles. The average molecular weight is 336 g/mol. The molecule has 0 fully saturated rings. The Morgan fingerprint density at radius 2 is 1.64 bits per heavy atom. The Labute approximate surface area is 149 Å². The first-order valence-corrected chi connectivity index (χ1v) is 8.80. The molecular weight excluding hydrogens is 312 g/mol. The first-order valence-electron chi connectivity index (χ1n) is 8.80. The molecule has 25 heavy (non-hydrogen) atoms. The zero-order valence-electron chi connectivity index (χ0n) is 14.8. The van der Waals surface area contributed by atoms with Gasteiger partial charge in [-0.25, -0.2) is 0 Å². The average Bonchev–Trinajstić information content (AvgIpc) is 2.66. The summed E-state index contributed by atoms with van der Waals surface area (Å²) in [4.78, 5) is 12.2. The summed E-state index contributed by atoms with van der Waals surface area (Å²) < 4.78 is 10.8. The summed E-state index contributed by atoms with van der Waals surface area (Å²) in [5, 5.41) is 0.